The van der Waals surface area contributed by atoms with E-state index in [9.17, 15) is 14.4 Å². The molecule has 0 radical (unpaired) electrons. The third kappa shape index (κ3) is 5.10. The summed E-state index contributed by atoms with van der Waals surface area (Å²) in [7, 11) is 0. The number of benzene rings is 2. The number of ether oxygens (including phenoxy) is 1. The number of halogens is 1. The lowest BCUT2D eigenvalue weighted by atomic mass is 10.1. The van der Waals surface area contributed by atoms with Crippen LogP contribution < -0.4 is 5.32 Å². The normalized spacial score (nSPS) is 16.1. The fourth-order valence-corrected chi connectivity index (χ4v) is 3.23. The highest BCUT2D eigenvalue weighted by Gasteiger charge is 2.35. The van der Waals surface area contributed by atoms with Gasteiger partial charge in [0.05, 0.1) is 5.92 Å². The van der Waals surface area contributed by atoms with E-state index in [4.69, 9.17) is 16.3 Å². The van der Waals surface area contributed by atoms with E-state index < -0.39 is 24.4 Å². The van der Waals surface area contributed by atoms with E-state index in [0.29, 0.717) is 23.8 Å². The number of esters is 1. The zero-order valence-electron chi connectivity index (χ0n) is 15.5. The molecule has 1 N–H and O–H groups in total. The Labute approximate surface area is 168 Å². The quantitative estimate of drug-likeness (QED) is 0.755. The first-order valence-corrected chi connectivity index (χ1v) is 9.34. The summed E-state index contributed by atoms with van der Waals surface area (Å²) >= 11 is 5.93. The summed E-state index contributed by atoms with van der Waals surface area (Å²) in [5, 5.41) is 3.17. The van der Waals surface area contributed by atoms with Gasteiger partial charge in [0.15, 0.2) is 6.61 Å². The van der Waals surface area contributed by atoms with E-state index in [-0.39, 0.29) is 12.3 Å². The van der Waals surface area contributed by atoms with Crippen molar-refractivity contribution < 1.29 is 19.1 Å². The number of carbonyl (C=O) groups excluding carboxylic acids is 3. The van der Waals surface area contributed by atoms with Crippen LogP contribution in [0.4, 0.5) is 5.69 Å². The van der Waals surface area contributed by atoms with Gasteiger partial charge < -0.3 is 15.0 Å². The minimum Gasteiger partial charge on any atom is -0.455 e. The minimum atomic E-state index is -0.558. The maximum absolute atomic E-state index is 12.3. The molecule has 2 amide bonds. The number of rotatable bonds is 6. The molecular formula is C21H21ClN2O4. The molecule has 146 valence electrons. The average Bonchev–Trinajstić information content (AvgIpc) is 3.04. The lowest BCUT2D eigenvalue weighted by Crippen LogP contribution is -2.28. The summed E-state index contributed by atoms with van der Waals surface area (Å²) in [5.74, 6) is -1.65. The van der Waals surface area contributed by atoms with Gasteiger partial charge in [-0.3, -0.25) is 14.4 Å². The fourth-order valence-electron chi connectivity index (χ4n) is 3.06. The summed E-state index contributed by atoms with van der Waals surface area (Å²) in [4.78, 5) is 38.1. The van der Waals surface area contributed by atoms with Crippen LogP contribution in [0.3, 0.4) is 0 Å². The topological polar surface area (TPSA) is 75.7 Å². The highest BCUT2D eigenvalue weighted by Crippen LogP contribution is 2.22. The van der Waals surface area contributed by atoms with Crippen molar-refractivity contribution in [2.45, 2.75) is 19.9 Å². The lowest BCUT2D eigenvalue weighted by Gasteiger charge is -2.16. The van der Waals surface area contributed by atoms with E-state index in [1.165, 1.54) is 0 Å². The molecule has 2 aromatic rings. The van der Waals surface area contributed by atoms with Gasteiger partial charge in [-0.2, -0.15) is 0 Å². The molecule has 6 nitrogen and oxygen atoms in total. The molecule has 0 unspecified atom stereocenters. The van der Waals surface area contributed by atoms with Crippen molar-refractivity contribution in [3.63, 3.8) is 0 Å². The molecule has 1 atom stereocenters. The van der Waals surface area contributed by atoms with Crippen molar-refractivity contribution in [3.8, 4) is 0 Å². The van der Waals surface area contributed by atoms with Gasteiger partial charge in [0.2, 0.25) is 5.91 Å². The molecule has 1 fully saturated rings. The van der Waals surface area contributed by atoms with E-state index in [2.05, 4.69) is 5.32 Å². The molecular weight excluding hydrogens is 380 g/mol. The maximum Gasteiger partial charge on any atom is 0.311 e. The molecule has 1 aliphatic heterocycles. The summed E-state index contributed by atoms with van der Waals surface area (Å²) in [5.41, 5.74) is 2.42. The summed E-state index contributed by atoms with van der Waals surface area (Å²) in [6.45, 7) is 2.18. The molecule has 1 heterocycles. The highest BCUT2D eigenvalue weighted by molar-refractivity contribution is 6.31. The van der Waals surface area contributed by atoms with Crippen LogP contribution in [0.1, 0.15) is 17.5 Å². The minimum absolute atomic E-state index is 0.0928. The van der Waals surface area contributed by atoms with E-state index in [0.717, 1.165) is 11.1 Å². The zero-order chi connectivity index (χ0) is 20.1. The third-order valence-corrected chi connectivity index (χ3v) is 4.82. The Kier molecular flexibility index (Phi) is 6.31. The van der Waals surface area contributed by atoms with Crippen molar-refractivity contribution in [1.82, 2.24) is 4.90 Å². The molecule has 0 bridgehead atoms. The smallest absolute Gasteiger partial charge is 0.311 e. The van der Waals surface area contributed by atoms with Crippen LogP contribution in [0, 0.1) is 12.8 Å². The number of carbonyl (C=O) groups is 3. The van der Waals surface area contributed by atoms with Gasteiger partial charge in [0.1, 0.15) is 0 Å². The van der Waals surface area contributed by atoms with Gasteiger partial charge in [0.25, 0.3) is 5.91 Å². The fraction of sp³-hybridized carbons (Fsp3) is 0.286. The number of likely N-dealkylation sites (tertiary alicyclic amines) is 1. The molecule has 0 aliphatic carbocycles. The van der Waals surface area contributed by atoms with Crippen LogP contribution in [0.2, 0.25) is 5.02 Å². The van der Waals surface area contributed by atoms with Crippen LogP contribution in [0.15, 0.2) is 48.5 Å². The van der Waals surface area contributed by atoms with E-state index in [1.807, 2.05) is 37.3 Å². The van der Waals surface area contributed by atoms with Crippen LogP contribution in [0.5, 0.6) is 0 Å². The standard InChI is InChI=1S/C21H21ClN2O4/c1-14-7-8-17(22)10-18(14)23-19(25)13-28-21(27)16-9-20(26)24(12-16)11-15-5-3-2-4-6-15/h2-8,10,16H,9,11-13H2,1H3,(H,23,25)/t16-/m1/s1. The van der Waals surface area contributed by atoms with Crippen LogP contribution in [-0.4, -0.2) is 35.8 Å². The second-order valence-corrected chi connectivity index (χ2v) is 7.21. The first kappa shape index (κ1) is 19.9. The molecule has 3 rings (SSSR count). The van der Waals surface area contributed by atoms with Gasteiger partial charge in [0, 0.05) is 30.2 Å². The molecule has 2 aromatic carbocycles. The Morgan fingerprint density at radius 2 is 1.96 bits per heavy atom. The van der Waals surface area contributed by atoms with Gasteiger partial charge >= 0.3 is 5.97 Å². The monoisotopic (exact) mass is 400 g/mol. The maximum atomic E-state index is 12.3. The SMILES string of the molecule is Cc1ccc(Cl)cc1NC(=O)COC(=O)[C@@H]1CC(=O)N(Cc2ccccc2)C1. The molecule has 0 aromatic heterocycles. The van der Waals surface area contributed by atoms with Crippen molar-refractivity contribution >= 4 is 35.1 Å². The molecule has 1 saturated heterocycles. The third-order valence-electron chi connectivity index (χ3n) is 4.58. The van der Waals surface area contributed by atoms with Crippen molar-refractivity contribution in [2.75, 3.05) is 18.5 Å². The predicted octanol–water partition coefficient (Wildman–Crippen LogP) is 3.18. The average molecular weight is 401 g/mol. The number of hydrogen-bond donors (Lipinski definition) is 1. The van der Waals surface area contributed by atoms with Crippen LogP contribution in [0.25, 0.3) is 0 Å². The first-order valence-electron chi connectivity index (χ1n) is 8.96. The van der Waals surface area contributed by atoms with Gasteiger partial charge in [-0.25, -0.2) is 0 Å². The Balaban J connectivity index is 1.49. The number of nitrogens with one attached hydrogen (secondary N) is 1. The molecule has 0 spiro atoms. The van der Waals surface area contributed by atoms with Gasteiger partial charge in [-0.1, -0.05) is 48.0 Å². The highest BCUT2D eigenvalue weighted by atomic mass is 35.5. The molecule has 7 heteroatoms. The first-order chi connectivity index (χ1) is 13.4. The predicted molar refractivity (Wildman–Crippen MR) is 106 cm³/mol. The molecule has 0 saturated carbocycles. The second-order valence-electron chi connectivity index (χ2n) is 6.78. The summed E-state index contributed by atoms with van der Waals surface area (Å²) in [6, 6.07) is 14.7. The Morgan fingerprint density at radius 3 is 2.71 bits per heavy atom. The van der Waals surface area contributed by atoms with Crippen molar-refractivity contribution in [2.24, 2.45) is 5.92 Å². The molecule has 28 heavy (non-hydrogen) atoms. The Bertz CT molecular complexity index is 885. The zero-order valence-corrected chi connectivity index (χ0v) is 16.2. The second kappa shape index (κ2) is 8.89. The number of aryl methyl sites for hydroxylation is 1. The number of nitrogens with zero attached hydrogens (tertiary/aromatic N) is 1. The number of anilines is 1. The number of amides is 2. The van der Waals surface area contributed by atoms with E-state index >= 15 is 0 Å². The van der Waals surface area contributed by atoms with Crippen LogP contribution >= 0.6 is 11.6 Å². The van der Waals surface area contributed by atoms with Crippen molar-refractivity contribution in [3.05, 3.63) is 64.7 Å². The van der Waals surface area contributed by atoms with Crippen LogP contribution in [-0.2, 0) is 25.7 Å². The number of hydrogen-bond acceptors (Lipinski definition) is 4. The summed E-state index contributed by atoms with van der Waals surface area (Å²) in [6.07, 6.45) is 0.0979. The molecule has 1 aliphatic rings. The Morgan fingerprint density at radius 1 is 1.21 bits per heavy atom. The van der Waals surface area contributed by atoms with Crippen molar-refractivity contribution in [1.29, 1.82) is 0 Å². The largest absolute Gasteiger partial charge is 0.455 e. The van der Waals surface area contributed by atoms with E-state index in [1.54, 1.807) is 23.1 Å². The Hall–Kier alpha value is -2.86. The summed E-state index contributed by atoms with van der Waals surface area (Å²) < 4.78 is 5.11. The van der Waals surface area contributed by atoms with Gasteiger partial charge in [-0.15, -0.1) is 0 Å². The van der Waals surface area contributed by atoms with Gasteiger partial charge in [-0.05, 0) is 30.2 Å². The lowest BCUT2D eigenvalue weighted by molar-refractivity contribution is -0.151.